The highest BCUT2D eigenvalue weighted by molar-refractivity contribution is 7.99. The van der Waals surface area contributed by atoms with E-state index in [-0.39, 0.29) is 5.91 Å². The van der Waals surface area contributed by atoms with Crippen molar-refractivity contribution in [3.63, 3.8) is 0 Å². The number of amides is 1. The van der Waals surface area contributed by atoms with E-state index in [2.05, 4.69) is 34.9 Å². The smallest absolute Gasteiger partial charge is 0.257 e. The van der Waals surface area contributed by atoms with Crippen molar-refractivity contribution in [3.05, 3.63) is 59.4 Å². The number of anilines is 1. The van der Waals surface area contributed by atoms with Crippen molar-refractivity contribution in [1.29, 1.82) is 0 Å². The minimum absolute atomic E-state index is 0.0275. The van der Waals surface area contributed by atoms with E-state index in [0.29, 0.717) is 30.9 Å². The molecule has 0 aliphatic carbocycles. The van der Waals surface area contributed by atoms with Crippen LogP contribution in [-0.4, -0.2) is 83.6 Å². The highest BCUT2D eigenvalue weighted by atomic mass is 32.2. The van der Waals surface area contributed by atoms with Crippen LogP contribution in [0.1, 0.15) is 21.7 Å². The summed E-state index contributed by atoms with van der Waals surface area (Å²) in [6, 6.07) is 13.9. The van der Waals surface area contributed by atoms with Crippen molar-refractivity contribution in [1.82, 2.24) is 19.8 Å². The van der Waals surface area contributed by atoms with Crippen LogP contribution in [0.25, 0.3) is 10.9 Å². The van der Waals surface area contributed by atoms with Crippen molar-refractivity contribution in [2.75, 3.05) is 62.8 Å². The van der Waals surface area contributed by atoms with Crippen LogP contribution in [0.3, 0.4) is 0 Å². The number of carbonyl (C=O) groups is 1. The number of piperazine rings is 1. The fourth-order valence-corrected chi connectivity index (χ4v) is 5.56. The molecule has 1 amide bonds. The monoisotopic (exact) mass is 477 g/mol. The van der Waals surface area contributed by atoms with Gasteiger partial charge in [-0.25, -0.2) is 9.97 Å². The predicted octanol–water partition coefficient (Wildman–Crippen LogP) is 3.46. The van der Waals surface area contributed by atoms with Crippen LogP contribution in [0.15, 0.2) is 42.5 Å². The van der Waals surface area contributed by atoms with Gasteiger partial charge in [0.1, 0.15) is 17.4 Å². The number of rotatable bonds is 5. The Hall–Kier alpha value is -2.84. The van der Waals surface area contributed by atoms with Crippen molar-refractivity contribution in [2.45, 2.75) is 13.5 Å². The number of aryl methyl sites for hydroxylation is 1. The zero-order valence-corrected chi connectivity index (χ0v) is 20.7. The molecule has 2 aliphatic rings. The van der Waals surface area contributed by atoms with Crippen LogP contribution in [0.2, 0.25) is 0 Å². The summed E-state index contributed by atoms with van der Waals surface area (Å²) in [6.45, 7) is 7.81. The maximum absolute atomic E-state index is 13.0. The highest BCUT2D eigenvalue weighted by Crippen LogP contribution is 2.28. The van der Waals surface area contributed by atoms with Gasteiger partial charge in [0.15, 0.2) is 0 Å². The third-order valence-electron chi connectivity index (χ3n) is 6.55. The second-order valence-electron chi connectivity index (χ2n) is 8.85. The number of ether oxygens (including phenoxy) is 1. The number of hydrogen-bond donors (Lipinski definition) is 0. The van der Waals surface area contributed by atoms with Crippen LogP contribution >= 0.6 is 11.8 Å². The van der Waals surface area contributed by atoms with Crippen LogP contribution in [0.5, 0.6) is 5.75 Å². The first-order valence-electron chi connectivity index (χ1n) is 11.9. The second kappa shape index (κ2) is 10.2. The molecule has 0 radical (unpaired) electrons. The fraction of sp³-hybridized carbons (Fsp3) is 0.423. The van der Waals surface area contributed by atoms with Crippen molar-refractivity contribution in [2.24, 2.45) is 0 Å². The van der Waals surface area contributed by atoms with E-state index >= 15 is 0 Å². The van der Waals surface area contributed by atoms with Crippen molar-refractivity contribution < 1.29 is 9.53 Å². The lowest BCUT2D eigenvalue weighted by Gasteiger charge is -2.35. The van der Waals surface area contributed by atoms with E-state index < -0.39 is 0 Å². The van der Waals surface area contributed by atoms with Crippen LogP contribution in [0, 0.1) is 6.92 Å². The van der Waals surface area contributed by atoms with Gasteiger partial charge in [0.2, 0.25) is 0 Å². The number of methoxy groups -OCH3 is 1. The van der Waals surface area contributed by atoms with Gasteiger partial charge in [0.25, 0.3) is 5.91 Å². The molecule has 1 aromatic heterocycles. The van der Waals surface area contributed by atoms with Gasteiger partial charge < -0.3 is 14.5 Å². The SMILES string of the molecule is COc1ccccc1C(=O)N1CCN(Cc2nc(N3CCSCC3)c3cc(C)ccc3n2)CC1. The van der Waals surface area contributed by atoms with Crippen LogP contribution in [-0.2, 0) is 6.54 Å². The molecule has 0 N–H and O–H groups in total. The number of fused-ring (bicyclic) bond motifs is 1. The van der Waals surface area contributed by atoms with Gasteiger partial charge >= 0.3 is 0 Å². The minimum Gasteiger partial charge on any atom is -0.496 e. The van der Waals surface area contributed by atoms with Gasteiger partial charge in [0.05, 0.1) is 24.7 Å². The van der Waals surface area contributed by atoms with Crippen LogP contribution in [0.4, 0.5) is 5.82 Å². The molecule has 3 aromatic rings. The number of nitrogens with zero attached hydrogens (tertiary/aromatic N) is 5. The molecule has 2 fully saturated rings. The average Bonchev–Trinajstić information content (AvgIpc) is 2.89. The van der Waals surface area contributed by atoms with E-state index in [4.69, 9.17) is 14.7 Å². The molecular formula is C26H31N5O2S. The molecule has 0 unspecified atom stereocenters. The molecule has 3 heterocycles. The third kappa shape index (κ3) is 4.83. The quantitative estimate of drug-likeness (QED) is 0.558. The van der Waals surface area contributed by atoms with E-state index in [1.54, 1.807) is 7.11 Å². The number of thioether (sulfide) groups is 1. The lowest BCUT2D eigenvalue weighted by molar-refractivity contribution is 0.0622. The Kier molecular flexibility index (Phi) is 6.87. The third-order valence-corrected chi connectivity index (χ3v) is 7.49. The second-order valence-corrected chi connectivity index (χ2v) is 10.1. The number of carbonyl (C=O) groups excluding carboxylic acids is 1. The molecule has 7 nitrogen and oxygen atoms in total. The molecule has 178 valence electrons. The summed E-state index contributed by atoms with van der Waals surface area (Å²) < 4.78 is 5.38. The Morgan fingerprint density at radius 2 is 1.76 bits per heavy atom. The Morgan fingerprint density at radius 1 is 1.00 bits per heavy atom. The Labute approximate surface area is 205 Å². The maximum Gasteiger partial charge on any atom is 0.257 e. The van der Waals surface area contributed by atoms with E-state index in [1.165, 1.54) is 5.56 Å². The van der Waals surface area contributed by atoms with Gasteiger partial charge in [-0.05, 0) is 31.2 Å². The topological polar surface area (TPSA) is 61.8 Å². The first kappa shape index (κ1) is 22.9. The van der Waals surface area contributed by atoms with Gasteiger partial charge in [-0.3, -0.25) is 9.69 Å². The molecule has 0 atom stereocenters. The number of hydrogen-bond acceptors (Lipinski definition) is 7. The summed E-state index contributed by atoms with van der Waals surface area (Å²) in [5, 5.41) is 1.14. The molecule has 2 aromatic carbocycles. The zero-order valence-electron chi connectivity index (χ0n) is 19.9. The summed E-state index contributed by atoms with van der Waals surface area (Å²) in [5.74, 6) is 4.84. The minimum atomic E-state index is 0.0275. The lowest BCUT2D eigenvalue weighted by atomic mass is 10.1. The molecular weight excluding hydrogens is 446 g/mol. The Bertz CT molecular complexity index is 1170. The molecule has 5 rings (SSSR count). The summed E-state index contributed by atoms with van der Waals surface area (Å²) in [5.41, 5.74) is 2.86. The Balaban J connectivity index is 1.30. The number of para-hydroxylation sites is 1. The molecule has 0 spiro atoms. The number of aromatic nitrogens is 2. The molecule has 2 saturated heterocycles. The number of benzene rings is 2. The largest absolute Gasteiger partial charge is 0.496 e. The maximum atomic E-state index is 13.0. The van der Waals surface area contributed by atoms with E-state index in [1.807, 2.05) is 40.9 Å². The summed E-state index contributed by atoms with van der Waals surface area (Å²) in [4.78, 5) is 29.7. The molecule has 0 bridgehead atoms. The zero-order chi connectivity index (χ0) is 23.5. The summed E-state index contributed by atoms with van der Waals surface area (Å²) in [6.07, 6.45) is 0. The standard InChI is InChI=1S/C26H31N5O2S/c1-19-7-8-22-21(17-19)25(30-13-15-34-16-14-30)28-24(27-22)18-29-9-11-31(12-10-29)26(32)20-5-3-4-6-23(20)33-2/h3-8,17H,9-16,18H2,1-2H3. The van der Waals surface area contributed by atoms with E-state index in [0.717, 1.165) is 60.2 Å². The average molecular weight is 478 g/mol. The molecule has 34 heavy (non-hydrogen) atoms. The molecule has 8 heteroatoms. The molecule has 0 saturated carbocycles. The first-order valence-corrected chi connectivity index (χ1v) is 13.0. The lowest BCUT2D eigenvalue weighted by Crippen LogP contribution is -2.48. The van der Waals surface area contributed by atoms with Crippen LogP contribution < -0.4 is 9.64 Å². The Morgan fingerprint density at radius 3 is 2.53 bits per heavy atom. The summed E-state index contributed by atoms with van der Waals surface area (Å²) in [7, 11) is 1.60. The van der Waals surface area contributed by atoms with Gasteiger partial charge in [-0.1, -0.05) is 23.8 Å². The molecule has 2 aliphatic heterocycles. The predicted molar refractivity (Wildman–Crippen MR) is 138 cm³/mol. The van der Waals surface area contributed by atoms with Gasteiger partial charge in [-0.15, -0.1) is 0 Å². The first-order chi connectivity index (χ1) is 16.6. The van der Waals surface area contributed by atoms with Crippen molar-refractivity contribution in [3.8, 4) is 5.75 Å². The van der Waals surface area contributed by atoms with E-state index in [9.17, 15) is 4.79 Å². The van der Waals surface area contributed by atoms with Gasteiger partial charge in [-0.2, -0.15) is 11.8 Å². The normalized spacial score (nSPS) is 17.2. The fourth-order valence-electron chi connectivity index (χ4n) is 4.66. The highest BCUT2D eigenvalue weighted by Gasteiger charge is 2.25. The van der Waals surface area contributed by atoms with Gasteiger partial charge in [0, 0.05) is 56.2 Å². The van der Waals surface area contributed by atoms with Crippen molar-refractivity contribution >= 4 is 34.4 Å². The summed E-state index contributed by atoms with van der Waals surface area (Å²) >= 11 is 2.00.